The number of carbonyl (C=O) groups excluding carboxylic acids is 3. The van der Waals surface area contributed by atoms with Crippen molar-refractivity contribution in [1.29, 1.82) is 0 Å². The number of methoxy groups -OCH3 is 4. The van der Waals surface area contributed by atoms with Gasteiger partial charge >= 0.3 is 18.0 Å². The molecule has 2 rings (SSSR count). The van der Waals surface area contributed by atoms with Gasteiger partial charge < -0.3 is 18.9 Å². The highest BCUT2D eigenvalue weighted by Gasteiger charge is 2.38. The molecule has 128 valence electrons. The molecule has 0 spiro atoms. The van der Waals surface area contributed by atoms with Gasteiger partial charge in [-0.15, -0.1) is 0 Å². The Morgan fingerprint density at radius 1 is 0.917 bits per heavy atom. The van der Waals surface area contributed by atoms with Gasteiger partial charge in [0.15, 0.2) is 5.92 Å². The number of nitrogens with zero attached hydrogens (tertiary/aromatic N) is 1. The molecule has 24 heavy (non-hydrogen) atoms. The number of benzene rings is 1. The van der Waals surface area contributed by atoms with Crippen molar-refractivity contribution in [3.63, 3.8) is 0 Å². The first-order chi connectivity index (χ1) is 11.5. The number of rotatable bonds is 4. The quantitative estimate of drug-likeness (QED) is 0.477. The fraction of sp³-hybridized carbons (Fsp3) is 0.312. The van der Waals surface area contributed by atoms with E-state index in [2.05, 4.69) is 0 Å². The lowest BCUT2D eigenvalue weighted by molar-refractivity contribution is -0.154. The van der Waals surface area contributed by atoms with E-state index in [0.29, 0.717) is 10.9 Å². The van der Waals surface area contributed by atoms with E-state index in [9.17, 15) is 14.4 Å². The minimum Gasteiger partial charge on any atom is -0.482 e. The first-order valence-electron chi connectivity index (χ1n) is 6.93. The van der Waals surface area contributed by atoms with Gasteiger partial charge in [0.25, 0.3) is 0 Å². The standard InChI is InChI=1S/C16H17NO7/c1-21-13-11(12(14(18)22-2)15(19)23-3)9-7-5-6-8-10(9)17(13)16(20)24-4/h5-8,12H,1-4H3. The molecule has 8 nitrogen and oxygen atoms in total. The summed E-state index contributed by atoms with van der Waals surface area (Å²) in [6.07, 6.45) is -0.720. The Morgan fingerprint density at radius 3 is 2.00 bits per heavy atom. The Balaban J connectivity index is 2.88. The molecular weight excluding hydrogens is 318 g/mol. The molecule has 0 unspecified atom stereocenters. The van der Waals surface area contributed by atoms with Crippen molar-refractivity contribution < 1.29 is 33.3 Å². The van der Waals surface area contributed by atoms with Gasteiger partial charge in [-0.3, -0.25) is 9.59 Å². The molecule has 0 aliphatic carbocycles. The molecule has 0 bridgehead atoms. The predicted molar refractivity (Wildman–Crippen MR) is 83.1 cm³/mol. The highest BCUT2D eigenvalue weighted by molar-refractivity contribution is 6.07. The largest absolute Gasteiger partial charge is 0.482 e. The van der Waals surface area contributed by atoms with Crippen LogP contribution in [0.1, 0.15) is 11.5 Å². The van der Waals surface area contributed by atoms with Gasteiger partial charge in [-0.1, -0.05) is 18.2 Å². The summed E-state index contributed by atoms with van der Waals surface area (Å²) in [6.45, 7) is 0. The number of fused-ring (bicyclic) bond motifs is 1. The van der Waals surface area contributed by atoms with Gasteiger partial charge in [0.05, 0.1) is 34.0 Å². The van der Waals surface area contributed by atoms with E-state index in [1.54, 1.807) is 24.3 Å². The smallest absolute Gasteiger partial charge is 0.421 e. The van der Waals surface area contributed by atoms with Crippen LogP contribution in [0, 0.1) is 0 Å². The third-order valence-corrected chi connectivity index (χ3v) is 3.58. The molecule has 0 aliphatic rings. The minimum absolute atomic E-state index is 0.00356. The predicted octanol–water partition coefficient (Wildman–Crippen LogP) is 1.69. The molecule has 1 heterocycles. The molecule has 0 amide bonds. The number of para-hydroxylation sites is 1. The zero-order valence-corrected chi connectivity index (χ0v) is 13.7. The maximum Gasteiger partial charge on any atom is 0.421 e. The zero-order chi connectivity index (χ0) is 17.9. The average molecular weight is 335 g/mol. The van der Waals surface area contributed by atoms with Gasteiger partial charge in [-0.25, -0.2) is 9.36 Å². The van der Waals surface area contributed by atoms with E-state index in [1.807, 2.05) is 0 Å². The molecule has 0 radical (unpaired) electrons. The topological polar surface area (TPSA) is 93.1 Å². The van der Waals surface area contributed by atoms with Crippen LogP contribution in [0.4, 0.5) is 4.79 Å². The molecule has 0 atom stereocenters. The summed E-state index contributed by atoms with van der Waals surface area (Å²) < 4.78 is 20.6. The second-order valence-electron chi connectivity index (χ2n) is 4.72. The molecular formula is C16H17NO7. The molecule has 0 saturated heterocycles. The lowest BCUT2D eigenvalue weighted by Gasteiger charge is -2.14. The maximum absolute atomic E-state index is 12.2. The minimum atomic E-state index is -1.40. The Morgan fingerprint density at radius 2 is 1.50 bits per heavy atom. The van der Waals surface area contributed by atoms with E-state index in [0.717, 1.165) is 18.8 Å². The normalized spacial score (nSPS) is 10.5. The van der Waals surface area contributed by atoms with E-state index < -0.39 is 23.9 Å². The van der Waals surface area contributed by atoms with Gasteiger partial charge in [0.2, 0.25) is 5.88 Å². The third kappa shape index (κ3) is 2.66. The van der Waals surface area contributed by atoms with Gasteiger partial charge in [-0.05, 0) is 6.07 Å². The van der Waals surface area contributed by atoms with Gasteiger partial charge in [-0.2, -0.15) is 0 Å². The van der Waals surface area contributed by atoms with E-state index in [-0.39, 0.29) is 11.4 Å². The van der Waals surface area contributed by atoms with Crippen molar-refractivity contribution in [2.45, 2.75) is 5.92 Å². The average Bonchev–Trinajstić information content (AvgIpc) is 2.95. The molecule has 1 aromatic heterocycles. The highest BCUT2D eigenvalue weighted by atomic mass is 16.6. The lowest BCUT2D eigenvalue weighted by Crippen LogP contribution is -2.25. The molecule has 0 aliphatic heterocycles. The number of ether oxygens (including phenoxy) is 4. The Labute approximate surface area is 137 Å². The summed E-state index contributed by atoms with van der Waals surface area (Å²) in [5.74, 6) is -3.05. The Hall–Kier alpha value is -3.03. The number of esters is 2. The van der Waals surface area contributed by atoms with Crippen molar-refractivity contribution in [1.82, 2.24) is 4.57 Å². The van der Waals surface area contributed by atoms with E-state index >= 15 is 0 Å². The third-order valence-electron chi connectivity index (χ3n) is 3.58. The monoisotopic (exact) mass is 335 g/mol. The number of aromatic nitrogens is 1. The first-order valence-corrected chi connectivity index (χ1v) is 6.93. The van der Waals surface area contributed by atoms with Crippen molar-refractivity contribution in [2.75, 3.05) is 28.4 Å². The number of carbonyl (C=O) groups is 3. The molecule has 0 fully saturated rings. The lowest BCUT2D eigenvalue weighted by atomic mass is 9.98. The second kappa shape index (κ2) is 7.03. The van der Waals surface area contributed by atoms with Gasteiger partial charge in [0.1, 0.15) is 0 Å². The molecule has 8 heteroatoms. The van der Waals surface area contributed by atoms with Crippen molar-refractivity contribution in [2.24, 2.45) is 0 Å². The maximum atomic E-state index is 12.2. The van der Waals surface area contributed by atoms with E-state index in [1.165, 1.54) is 14.2 Å². The van der Waals surface area contributed by atoms with Crippen LogP contribution in [0.25, 0.3) is 10.9 Å². The second-order valence-corrected chi connectivity index (χ2v) is 4.72. The van der Waals surface area contributed by atoms with Gasteiger partial charge in [0, 0.05) is 10.9 Å². The van der Waals surface area contributed by atoms with Crippen LogP contribution in [0.15, 0.2) is 24.3 Å². The van der Waals surface area contributed by atoms with Crippen molar-refractivity contribution in [3.05, 3.63) is 29.8 Å². The number of hydrogen-bond acceptors (Lipinski definition) is 7. The fourth-order valence-corrected chi connectivity index (χ4v) is 2.56. The highest BCUT2D eigenvalue weighted by Crippen LogP contribution is 2.38. The summed E-state index contributed by atoms with van der Waals surface area (Å²) in [5.41, 5.74) is 0.603. The fourth-order valence-electron chi connectivity index (χ4n) is 2.56. The zero-order valence-electron chi connectivity index (χ0n) is 13.7. The molecule has 0 N–H and O–H groups in total. The van der Waals surface area contributed by atoms with E-state index in [4.69, 9.17) is 18.9 Å². The van der Waals surface area contributed by atoms with Crippen LogP contribution in [-0.4, -0.2) is 51.0 Å². The summed E-state index contributed by atoms with van der Waals surface area (Å²) in [6, 6.07) is 6.71. The van der Waals surface area contributed by atoms with Crippen LogP contribution in [0.2, 0.25) is 0 Å². The van der Waals surface area contributed by atoms with Crippen molar-refractivity contribution in [3.8, 4) is 5.88 Å². The Kier molecular flexibility index (Phi) is 5.08. The first kappa shape index (κ1) is 17.3. The van der Waals surface area contributed by atoms with Crippen LogP contribution in [0.3, 0.4) is 0 Å². The molecule has 1 aromatic carbocycles. The van der Waals surface area contributed by atoms with Crippen LogP contribution >= 0.6 is 0 Å². The summed E-state index contributed by atoms with van der Waals surface area (Å²) in [4.78, 5) is 36.5. The summed E-state index contributed by atoms with van der Waals surface area (Å²) >= 11 is 0. The SMILES string of the molecule is COC(=O)C(C(=O)OC)c1c(OC)n(C(=O)OC)c2ccccc12. The van der Waals surface area contributed by atoms with Crippen LogP contribution in [0.5, 0.6) is 5.88 Å². The molecule has 2 aromatic rings. The number of hydrogen-bond donors (Lipinski definition) is 0. The summed E-state index contributed by atoms with van der Waals surface area (Å²) in [7, 11) is 4.85. The van der Waals surface area contributed by atoms with Crippen LogP contribution < -0.4 is 4.74 Å². The Bertz CT molecular complexity index is 777. The molecule has 0 saturated carbocycles. The summed E-state index contributed by atoms with van der Waals surface area (Å²) in [5, 5.41) is 0.473. The van der Waals surface area contributed by atoms with Crippen molar-refractivity contribution >= 4 is 28.9 Å². The van der Waals surface area contributed by atoms with Crippen LogP contribution in [-0.2, 0) is 23.8 Å².